The molecule has 0 radical (unpaired) electrons. The lowest BCUT2D eigenvalue weighted by molar-refractivity contribution is -0.246. The topological polar surface area (TPSA) is 24.5 Å². The van der Waals surface area contributed by atoms with E-state index < -0.39 is 0 Å². The van der Waals surface area contributed by atoms with Crippen LogP contribution in [0.25, 0.3) is 0 Å². The lowest BCUT2D eigenvalue weighted by Crippen LogP contribution is -2.71. The zero-order valence-electron chi connectivity index (χ0n) is 9.88. The van der Waals surface area contributed by atoms with Crippen LogP contribution in [0.3, 0.4) is 0 Å². The summed E-state index contributed by atoms with van der Waals surface area (Å²) in [6.07, 6.45) is 3.74. The van der Waals surface area contributed by atoms with Crippen LogP contribution in [0.1, 0.15) is 33.1 Å². The summed E-state index contributed by atoms with van der Waals surface area (Å²) in [5, 5.41) is 3.66. The molecular weight excluding hydrogens is 188 g/mol. The van der Waals surface area contributed by atoms with Gasteiger partial charge in [0.1, 0.15) is 5.72 Å². The Morgan fingerprint density at radius 1 is 1.27 bits per heavy atom. The molecule has 0 aromatic rings. The average Bonchev–Trinajstić information content (AvgIpc) is 2.17. The van der Waals surface area contributed by atoms with Crippen molar-refractivity contribution in [2.75, 3.05) is 26.2 Å². The Morgan fingerprint density at radius 2 is 2.00 bits per heavy atom. The van der Waals surface area contributed by atoms with Gasteiger partial charge in [0, 0.05) is 19.0 Å². The molecule has 4 rings (SSSR count). The standard InChI is InChI=1S/C12H22N2O/c1-11(2)5-6-13-12(15-11)9-14-7-3-10(12)4-8-14/h10,13H,3-9H2,1-2H3. The summed E-state index contributed by atoms with van der Waals surface area (Å²) in [6.45, 7) is 9.22. The minimum absolute atomic E-state index is 0.0156. The SMILES string of the molecule is CC1(C)CCNC2(CN3CCC2CC3)O1. The van der Waals surface area contributed by atoms with Crippen LogP contribution in [0.4, 0.5) is 0 Å². The molecule has 4 saturated heterocycles. The molecule has 4 aliphatic heterocycles. The van der Waals surface area contributed by atoms with Gasteiger partial charge in [0.05, 0.1) is 5.60 Å². The van der Waals surface area contributed by atoms with Crippen LogP contribution < -0.4 is 5.32 Å². The zero-order chi connectivity index (χ0) is 10.5. The van der Waals surface area contributed by atoms with Gasteiger partial charge < -0.3 is 4.74 Å². The van der Waals surface area contributed by atoms with E-state index in [0.717, 1.165) is 25.4 Å². The lowest BCUT2D eigenvalue weighted by Gasteiger charge is -2.57. The van der Waals surface area contributed by atoms with Gasteiger partial charge in [0.25, 0.3) is 0 Å². The van der Waals surface area contributed by atoms with Gasteiger partial charge in [-0.15, -0.1) is 0 Å². The van der Waals surface area contributed by atoms with Crippen molar-refractivity contribution in [3.05, 3.63) is 0 Å². The maximum atomic E-state index is 6.38. The van der Waals surface area contributed by atoms with E-state index in [1.54, 1.807) is 0 Å². The van der Waals surface area contributed by atoms with Gasteiger partial charge in [-0.3, -0.25) is 10.2 Å². The molecule has 2 bridgehead atoms. The predicted molar refractivity (Wildman–Crippen MR) is 59.7 cm³/mol. The van der Waals surface area contributed by atoms with Gasteiger partial charge >= 0.3 is 0 Å². The normalized spacial score (nSPS) is 48.4. The lowest BCUT2D eigenvalue weighted by atomic mass is 9.79. The van der Waals surface area contributed by atoms with Crippen LogP contribution in [-0.2, 0) is 4.74 Å². The Kier molecular flexibility index (Phi) is 2.14. The van der Waals surface area contributed by atoms with E-state index in [9.17, 15) is 0 Å². The number of nitrogens with one attached hydrogen (secondary N) is 1. The molecule has 3 heteroatoms. The minimum atomic E-state index is -0.0156. The van der Waals surface area contributed by atoms with E-state index in [4.69, 9.17) is 4.74 Å². The summed E-state index contributed by atoms with van der Waals surface area (Å²) in [6, 6.07) is 0. The van der Waals surface area contributed by atoms with Gasteiger partial charge in [0.15, 0.2) is 0 Å². The van der Waals surface area contributed by atoms with Crippen molar-refractivity contribution >= 4 is 0 Å². The first-order valence-electron chi connectivity index (χ1n) is 6.27. The first-order valence-corrected chi connectivity index (χ1v) is 6.27. The fraction of sp³-hybridized carbons (Fsp3) is 1.00. The van der Waals surface area contributed by atoms with Crippen molar-refractivity contribution in [2.24, 2.45) is 5.92 Å². The molecule has 3 nitrogen and oxygen atoms in total. The summed E-state index contributed by atoms with van der Waals surface area (Å²) in [5.74, 6) is 0.738. The summed E-state index contributed by atoms with van der Waals surface area (Å²) in [7, 11) is 0. The number of nitrogens with zero attached hydrogens (tertiary/aromatic N) is 1. The second-order valence-corrected chi connectivity index (χ2v) is 5.98. The van der Waals surface area contributed by atoms with Crippen molar-refractivity contribution in [3.8, 4) is 0 Å². The molecule has 1 unspecified atom stereocenters. The Bertz CT molecular complexity index is 258. The largest absolute Gasteiger partial charge is 0.353 e. The summed E-state index contributed by atoms with van der Waals surface area (Å²) >= 11 is 0. The zero-order valence-corrected chi connectivity index (χ0v) is 9.88. The van der Waals surface area contributed by atoms with Crippen molar-refractivity contribution < 1.29 is 4.74 Å². The molecule has 1 spiro atoms. The van der Waals surface area contributed by atoms with Gasteiger partial charge in [-0.2, -0.15) is 0 Å². The van der Waals surface area contributed by atoms with Crippen LogP contribution in [0.2, 0.25) is 0 Å². The average molecular weight is 210 g/mol. The third-order valence-electron chi connectivity index (χ3n) is 4.32. The number of hydrogen-bond acceptors (Lipinski definition) is 3. The highest BCUT2D eigenvalue weighted by molar-refractivity contribution is 5.01. The van der Waals surface area contributed by atoms with Gasteiger partial charge in [-0.25, -0.2) is 0 Å². The van der Waals surface area contributed by atoms with E-state index >= 15 is 0 Å². The van der Waals surface area contributed by atoms with E-state index in [1.165, 1.54) is 25.9 Å². The highest BCUT2D eigenvalue weighted by atomic mass is 16.5. The molecule has 4 aliphatic rings. The highest BCUT2D eigenvalue weighted by Crippen LogP contribution is 2.41. The van der Waals surface area contributed by atoms with E-state index in [2.05, 4.69) is 24.1 Å². The fourth-order valence-corrected chi connectivity index (χ4v) is 3.49. The molecule has 0 amide bonds. The van der Waals surface area contributed by atoms with Crippen LogP contribution in [-0.4, -0.2) is 42.4 Å². The van der Waals surface area contributed by atoms with E-state index in [-0.39, 0.29) is 11.3 Å². The third kappa shape index (κ3) is 1.61. The predicted octanol–water partition coefficient (Wildman–Crippen LogP) is 1.20. The molecule has 86 valence electrons. The quantitative estimate of drug-likeness (QED) is 0.650. The molecule has 4 fully saturated rings. The van der Waals surface area contributed by atoms with Crippen LogP contribution in [0, 0.1) is 5.92 Å². The molecule has 0 aliphatic carbocycles. The van der Waals surface area contributed by atoms with Gasteiger partial charge in [0.2, 0.25) is 0 Å². The maximum Gasteiger partial charge on any atom is 0.135 e. The summed E-state index contributed by atoms with van der Waals surface area (Å²) in [5.41, 5.74) is 0.0437. The van der Waals surface area contributed by atoms with Crippen LogP contribution in [0.5, 0.6) is 0 Å². The first kappa shape index (κ1) is 10.1. The molecule has 0 saturated carbocycles. The number of fused-ring (bicyclic) bond motifs is 2. The highest BCUT2D eigenvalue weighted by Gasteiger charge is 2.51. The van der Waals surface area contributed by atoms with E-state index in [0.29, 0.717) is 0 Å². The van der Waals surface area contributed by atoms with Gasteiger partial charge in [-0.05, 0) is 46.2 Å². The second kappa shape index (κ2) is 3.19. The number of hydrogen-bond donors (Lipinski definition) is 1. The second-order valence-electron chi connectivity index (χ2n) is 5.98. The molecule has 0 aromatic carbocycles. The number of ether oxygens (including phenoxy) is 1. The Labute approximate surface area is 92.2 Å². The molecule has 1 atom stereocenters. The van der Waals surface area contributed by atoms with Crippen molar-refractivity contribution in [1.29, 1.82) is 0 Å². The number of piperidine rings is 3. The fourth-order valence-electron chi connectivity index (χ4n) is 3.49. The Balaban J connectivity index is 1.84. The van der Waals surface area contributed by atoms with Crippen molar-refractivity contribution in [3.63, 3.8) is 0 Å². The van der Waals surface area contributed by atoms with Crippen LogP contribution in [0.15, 0.2) is 0 Å². The minimum Gasteiger partial charge on any atom is -0.353 e. The molecule has 15 heavy (non-hydrogen) atoms. The Morgan fingerprint density at radius 3 is 2.53 bits per heavy atom. The monoisotopic (exact) mass is 210 g/mol. The first-order chi connectivity index (χ1) is 7.10. The van der Waals surface area contributed by atoms with Gasteiger partial charge in [-0.1, -0.05) is 0 Å². The number of rotatable bonds is 0. The Hall–Kier alpha value is -0.120. The molecule has 1 N–H and O–H groups in total. The molecule has 4 heterocycles. The smallest absolute Gasteiger partial charge is 0.135 e. The summed E-state index contributed by atoms with van der Waals surface area (Å²) in [4.78, 5) is 2.55. The van der Waals surface area contributed by atoms with E-state index in [1.807, 2.05) is 0 Å². The third-order valence-corrected chi connectivity index (χ3v) is 4.32. The maximum absolute atomic E-state index is 6.38. The summed E-state index contributed by atoms with van der Waals surface area (Å²) < 4.78 is 6.38. The molecular formula is C12H22N2O. The van der Waals surface area contributed by atoms with Crippen molar-refractivity contribution in [2.45, 2.75) is 44.4 Å². The van der Waals surface area contributed by atoms with Crippen LogP contribution >= 0.6 is 0 Å². The van der Waals surface area contributed by atoms with Crippen molar-refractivity contribution in [1.82, 2.24) is 10.2 Å². The molecule has 0 aromatic heterocycles.